The molecule has 0 radical (unpaired) electrons. The van der Waals surface area contributed by atoms with Crippen LogP contribution in [0.3, 0.4) is 0 Å². The molecule has 4 nitrogen and oxygen atoms in total. The van der Waals surface area contributed by atoms with E-state index in [0.29, 0.717) is 10.1 Å². The van der Waals surface area contributed by atoms with Gasteiger partial charge in [-0.3, -0.25) is 5.43 Å². The van der Waals surface area contributed by atoms with Crippen LogP contribution in [0.1, 0.15) is 5.82 Å². The molecule has 1 aromatic rings. The van der Waals surface area contributed by atoms with Crippen molar-refractivity contribution in [3.63, 3.8) is 0 Å². The molecule has 1 heterocycles. The van der Waals surface area contributed by atoms with Crippen LogP contribution < -0.4 is 5.43 Å². The fraction of sp³-hybridized carbons (Fsp3) is 0.167. The van der Waals surface area contributed by atoms with Gasteiger partial charge in [0.2, 0.25) is 0 Å². The Balaban J connectivity index is 2.37. The molecule has 64 valence electrons. The summed E-state index contributed by atoms with van der Waals surface area (Å²) in [6.07, 6.45) is 6.85. The molecule has 0 saturated heterocycles. The van der Waals surface area contributed by atoms with Crippen LogP contribution in [-0.4, -0.2) is 26.8 Å². The predicted octanol–water partition coefficient (Wildman–Crippen LogP) is 0.981. The molecule has 0 atom stereocenters. The van der Waals surface area contributed by atoms with Gasteiger partial charge in [0.15, 0.2) is 4.32 Å². The first-order chi connectivity index (χ1) is 5.83. The van der Waals surface area contributed by atoms with Crippen LogP contribution in [0, 0.1) is 0 Å². The molecule has 0 amide bonds. The van der Waals surface area contributed by atoms with Crippen molar-refractivity contribution in [2.75, 3.05) is 6.26 Å². The molecule has 6 heteroatoms. The molecule has 0 aromatic carbocycles. The van der Waals surface area contributed by atoms with Crippen molar-refractivity contribution in [1.29, 1.82) is 0 Å². The third kappa shape index (κ3) is 3.02. The van der Waals surface area contributed by atoms with Crippen LogP contribution in [-0.2, 0) is 0 Å². The highest BCUT2D eigenvalue weighted by atomic mass is 32.2. The zero-order chi connectivity index (χ0) is 8.81. The fourth-order valence-electron chi connectivity index (χ4n) is 0.540. The topological polar surface area (TPSA) is 53.1 Å². The lowest BCUT2D eigenvalue weighted by molar-refractivity contribution is 1.07. The first-order valence-electron chi connectivity index (χ1n) is 3.19. The van der Waals surface area contributed by atoms with E-state index in [1.807, 2.05) is 6.26 Å². The first kappa shape index (κ1) is 9.21. The highest BCUT2D eigenvalue weighted by Crippen LogP contribution is 1.92. The maximum Gasteiger partial charge on any atom is 0.153 e. The Kier molecular flexibility index (Phi) is 3.75. The van der Waals surface area contributed by atoms with Gasteiger partial charge in [0.25, 0.3) is 0 Å². The zero-order valence-corrected chi connectivity index (χ0v) is 8.08. The zero-order valence-electron chi connectivity index (χ0n) is 6.44. The van der Waals surface area contributed by atoms with Gasteiger partial charge in [-0.05, 0) is 6.26 Å². The molecule has 0 aliphatic carbocycles. The highest BCUT2D eigenvalue weighted by molar-refractivity contribution is 8.22. The first-order valence-corrected chi connectivity index (χ1v) is 4.82. The van der Waals surface area contributed by atoms with Crippen LogP contribution >= 0.6 is 24.0 Å². The minimum atomic E-state index is 0.637. The van der Waals surface area contributed by atoms with Crippen molar-refractivity contribution >= 4 is 34.5 Å². The number of aromatic amines is 1. The number of nitrogens with one attached hydrogen (secondary N) is 2. The van der Waals surface area contributed by atoms with E-state index in [0.717, 1.165) is 0 Å². The number of thioether (sulfide) groups is 1. The number of aromatic nitrogens is 2. The lowest BCUT2D eigenvalue weighted by atomic mass is 10.7. The van der Waals surface area contributed by atoms with Gasteiger partial charge in [0, 0.05) is 12.4 Å². The van der Waals surface area contributed by atoms with Gasteiger partial charge in [-0.25, -0.2) is 4.98 Å². The minimum absolute atomic E-state index is 0.637. The van der Waals surface area contributed by atoms with E-state index in [2.05, 4.69) is 20.5 Å². The fourth-order valence-corrected chi connectivity index (χ4v) is 0.737. The summed E-state index contributed by atoms with van der Waals surface area (Å²) < 4.78 is 0.637. The summed E-state index contributed by atoms with van der Waals surface area (Å²) in [6, 6.07) is 0. The summed E-state index contributed by atoms with van der Waals surface area (Å²) in [7, 11) is 0. The molecule has 1 aromatic heterocycles. The van der Waals surface area contributed by atoms with E-state index < -0.39 is 0 Å². The van der Waals surface area contributed by atoms with Gasteiger partial charge in [-0.1, -0.05) is 24.0 Å². The lowest BCUT2D eigenvalue weighted by Gasteiger charge is -1.94. The number of rotatable bonds is 2. The summed E-state index contributed by atoms with van der Waals surface area (Å²) in [5.74, 6) is 0.700. The van der Waals surface area contributed by atoms with Crippen molar-refractivity contribution in [1.82, 2.24) is 15.4 Å². The van der Waals surface area contributed by atoms with E-state index in [1.165, 1.54) is 11.8 Å². The van der Waals surface area contributed by atoms with E-state index in [4.69, 9.17) is 12.2 Å². The Labute approximate surface area is 79.9 Å². The molecule has 2 N–H and O–H groups in total. The standard InChI is InChI=1S/C6H8N4S2/c1-12-6(11)10-9-4-5-7-2-3-8-5/h2-4H,1H3,(H,7,8)(H,10,11). The van der Waals surface area contributed by atoms with E-state index in [9.17, 15) is 0 Å². The van der Waals surface area contributed by atoms with Crippen LogP contribution in [0.15, 0.2) is 17.5 Å². The average Bonchev–Trinajstić information content (AvgIpc) is 2.57. The second-order valence-corrected chi connectivity index (χ2v) is 3.32. The number of hydrogen-bond acceptors (Lipinski definition) is 4. The number of H-pyrrole nitrogens is 1. The molecule has 0 aliphatic heterocycles. The smallest absolute Gasteiger partial charge is 0.153 e. The number of hydrazone groups is 1. The van der Waals surface area contributed by atoms with Crippen LogP contribution in [0.2, 0.25) is 0 Å². The largest absolute Gasteiger partial charge is 0.344 e. The third-order valence-corrected chi connectivity index (χ3v) is 2.10. The monoisotopic (exact) mass is 200 g/mol. The van der Waals surface area contributed by atoms with Crippen molar-refractivity contribution < 1.29 is 0 Å². The predicted molar refractivity (Wildman–Crippen MR) is 55.4 cm³/mol. The van der Waals surface area contributed by atoms with Crippen LogP contribution in [0.4, 0.5) is 0 Å². The summed E-state index contributed by atoms with van der Waals surface area (Å²) >= 11 is 6.30. The molecule has 0 bridgehead atoms. The van der Waals surface area contributed by atoms with Gasteiger partial charge in [0.05, 0.1) is 6.21 Å². The maximum absolute atomic E-state index is 4.86. The van der Waals surface area contributed by atoms with Crippen molar-refractivity contribution in [3.05, 3.63) is 18.2 Å². The van der Waals surface area contributed by atoms with Crippen molar-refractivity contribution in [2.45, 2.75) is 0 Å². The van der Waals surface area contributed by atoms with E-state index in [-0.39, 0.29) is 0 Å². The normalized spacial score (nSPS) is 10.4. The highest BCUT2D eigenvalue weighted by Gasteiger charge is 1.88. The second-order valence-electron chi connectivity index (χ2n) is 1.84. The molecule has 12 heavy (non-hydrogen) atoms. The van der Waals surface area contributed by atoms with Gasteiger partial charge < -0.3 is 4.98 Å². The molecule has 1 rings (SSSR count). The SMILES string of the molecule is CSC(=S)NN=Cc1ncc[nH]1. The summed E-state index contributed by atoms with van der Waals surface area (Å²) in [5, 5.41) is 3.85. The Bertz CT molecular complexity index is 267. The van der Waals surface area contributed by atoms with Gasteiger partial charge in [-0.15, -0.1) is 0 Å². The maximum atomic E-state index is 4.86. The Morgan fingerprint density at radius 1 is 1.92 bits per heavy atom. The van der Waals surface area contributed by atoms with E-state index in [1.54, 1.807) is 18.6 Å². The molecule has 0 fully saturated rings. The van der Waals surface area contributed by atoms with Crippen LogP contribution in [0.5, 0.6) is 0 Å². The molecule has 0 aliphatic rings. The lowest BCUT2D eigenvalue weighted by Crippen LogP contribution is -2.10. The van der Waals surface area contributed by atoms with Gasteiger partial charge in [0.1, 0.15) is 5.82 Å². The van der Waals surface area contributed by atoms with E-state index >= 15 is 0 Å². The second kappa shape index (κ2) is 4.89. The van der Waals surface area contributed by atoms with Crippen LogP contribution in [0.25, 0.3) is 0 Å². The summed E-state index contributed by atoms with van der Waals surface area (Å²) in [5.41, 5.74) is 2.67. The Morgan fingerprint density at radius 3 is 3.33 bits per heavy atom. The summed E-state index contributed by atoms with van der Waals surface area (Å²) in [6.45, 7) is 0. The molecular formula is C6H8N4S2. The van der Waals surface area contributed by atoms with Crippen molar-refractivity contribution in [3.8, 4) is 0 Å². The average molecular weight is 200 g/mol. The third-order valence-electron chi connectivity index (χ3n) is 1.05. The number of imidazole rings is 1. The Hall–Kier alpha value is -0.880. The van der Waals surface area contributed by atoms with Gasteiger partial charge >= 0.3 is 0 Å². The quantitative estimate of drug-likeness (QED) is 0.424. The van der Waals surface area contributed by atoms with Crippen molar-refractivity contribution in [2.24, 2.45) is 5.10 Å². The number of hydrogen-bond donors (Lipinski definition) is 2. The molecule has 0 saturated carbocycles. The minimum Gasteiger partial charge on any atom is -0.344 e. The summed E-state index contributed by atoms with van der Waals surface area (Å²) in [4.78, 5) is 6.82. The Morgan fingerprint density at radius 2 is 2.75 bits per heavy atom. The number of nitrogens with zero attached hydrogens (tertiary/aromatic N) is 2. The molecule has 0 unspecified atom stereocenters. The number of thiocarbonyl (C=S) groups is 1. The van der Waals surface area contributed by atoms with Gasteiger partial charge in [-0.2, -0.15) is 5.10 Å². The molecular weight excluding hydrogens is 192 g/mol. The molecule has 0 spiro atoms.